The van der Waals surface area contributed by atoms with E-state index in [0.717, 1.165) is 16.5 Å². The van der Waals surface area contributed by atoms with Gasteiger partial charge in [0.25, 0.3) is 0 Å². The molecule has 0 atom stereocenters. The van der Waals surface area contributed by atoms with Crippen LogP contribution in [0.1, 0.15) is 31.2 Å². The summed E-state index contributed by atoms with van der Waals surface area (Å²) in [6.45, 7) is 4.14. The summed E-state index contributed by atoms with van der Waals surface area (Å²) in [5.41, 5.74) is 1.35. The number of hydrogen-bond donors (Lipinski definition) is 0. The number of aromatic nitrogens is 2. The van der Waals surface area contributed by atoms with Crippen molar-refractivity contribution in [2.75, 3.05) is 0 Å². The van der Waals surface area contributed by atoms with Crippen LogP contribution in [-0.4, -0.2) is 10.2 Å². The molecule has 0 unspecified atom stereocenters. The first kappa shape index (κ1) is 9.60. The molecule has 0 radical (unpaired) electrons. The highest BCUT2D eigenvalue weighted by Gasteiger charge is 2.10. The fourth-order valence-electron chi connectivity index (χ4n) is 1.63. The highest BCUT2D eigenvalue weighted by molar-refractivity contribution is 5.88. The number of nitrogens with zero attached hydrogens (tertiary/aromatic N) is 3. The number of rotatable bonds is 1. The minimum atomic E-state index is 0.315. The van der Waals surface area contributed by atoms with Crippen molar-refractivity contribution in [3.05, 3.63) is 35.7 Å². The smallest absolute Gasteiger partial charge is 0.170 e. The van der Waals surface area contributed by atoms with Crippen molar-refractivity contribution in [1.82, 2.24) is 10.2 Å². The van der Waals surface area contributed by atoms with E-state index < -0.39 is 0 Å². The van der Waals surface area contributed by atoms with Gasteiger partial charge in [-0.3, -0.25) is 0 Å². The summed E-state index contributed by atoms with van der Waals surface area (Å²) in [6, 6.07) is 9.83. The van der Waals surface area contributed by atoms with Gasteiger partial charge in [0.05, 0.1) is 5.69 Å². The van der Waals surface area contributed by atoms with Crippen LogP contribution < -0.4 is 0 Å². The first-order valence-corrected chi connectivity index (χ1v) is 4.89. The monoisotopic (exact) mass is 197 g/mol. The summed E-state index contributed by atoms with van der Waals surface area (Å²) in [5.74, 6) is 0.315. The Morgan fingerprint density at radius 1 is 1.13 bits per heavy atom. The molecule has 15 heavy (non-hydrogen) atoms. The summed E-state index contributed by atoms with van der Waals surface area (Å²) in [5, 5.41) is 18.9. The zero-order valence-corrected chi connectivity index (χ0v) is 8.73. The molecule has 0 aliphatic heterocycles. The predicted octanol–water partition coefficient (Wildman–Crippen LogP) is 2.62. The SMILES string of the molecule is CC(C)c1nnc(C#N)c2ccccc12. The van der Waals surface area contributed by atoms with Crippen LogP contribution in [-0.2, 0) is 0 Å². The minimum absolute atomic E-state index is 0.315. The van der Waals surface area contributed by atoms with E-state index in [2.05, 4.69) is 30.1 Å². The normalized spacial score (nSPS) is 10.5. The van der Waals surface area contributed by atoms with Gasteiger partial charge in [-0.25, -0.2) is 0 Å². The lowest BCUT2D eigenvalue weighted by molar-refractivity contribution is 0.796. The fourth-order valence-corrected chi connectivity index (χ4v) is 1.63. The van der Waals surface area contributed by atoms with E-state index in [1.54, 1.807) is 0 Å². The maximum Gasteiger partial charge on any atom is 0.170 e. The molecule has 74 valence electrons. The van der Waals surface area contributed by atoms with Crippen molar-refractivity contribution in [3.63, 3.8) is 0 Å². The van der Waals surface area contributed by atoms with Crippen LogP contribution in [0.25, 0.3) is 10.8 Å². The lowest BCUT2D eigenvalue weighted by atomic mass is 10.0. The summed E-state index contributed by atoms with van der Waals surface area (Å²) in [7, 11) is 0. The fraction of sp³-hybridized carbons (Fsp3) is 0.250. The molecule has 3 nitrogen and oxygen atoms in total. The molecule has 0 saturated carbocycles. The molecule has 0 amide bonds. The molecule has 0 bridgehead atoms. The maximum atomic E-state index is 8.91. The Kier molecular flexibility index (Phi) is 2.34. The Hall–Kier alpha value is -1.95. The molecule has 0 spiro atoms. The highest BCUT2D eigenvalue weighted by atomic mass is 15.1. The van der Waals surface area contributed by atoms with Gasteiger partial charge in [0, 0.05) is 10.8 Å². The van der Waals surface area contributed by atoms with E-state index in [0.29, 0.717) is 11.6 Å². The van der Waals surface area contributed by atoms with Gasteiger partial charge in [-0.05, 0) is 5.92 Å². The average molecular weight is 197 g/mol. The van der Waals surface area contributed by atoms with Crippen LogP contribution in [0.15, 0.2) is 24.3 Å². The van der Waals surface area contributed by atoms with Crippen LogP contribution in [0, 0.1) is 11.3 Å². The molecule has 1 aromatic carbocycles. The minimum Gasteiger partial charge on any atom is -0.191 e. The van der Waals surface area contributed by atoms with Gasteiger partial charge >= 0.3 is 0 Å². The van der Waals surface area contributed by atoms with E-state index in [4.69, 9.17) is 5.26 Å². The van der Waals surface area contributed by atoms with E-state index in [9.17, 15) is 0 Å². The first-order chi connectivity index (χ1) is 7.24. The molecule has 2 aromatic rings. The molecule has 0 saturated heterocycles. The molecular formula is C12H11N3. The van der Waals surface area contributed by atoms with Crippen molar-refractivity contribution in [2.45, 2.75) is 19.8 Å². The van der Waals surface area contributed by atoms with Crippen LogP contribution >= 0.6 is 0 Å². The first-order valence-electron chi connectivity index (χ1n) is 4.89. The Bertz CT molecular complexity index is 538. The molecule has 1 aromatic heterocycles. The van der Waals surface area contributed by atoms with E-state index in [1.165, 1.54) is 0 Å². The van der Waals surface area contributed by atoms with Crippen molar-refractivity contribution < 1.29 is 0 Å². The van der Waals surface area contributed by atoms with Gasteiger partial charge in [0.1, 0.15) is 6.07 Å². The lowest BCUT2D eigenvalue weighted by Crippen LogP contribution is -1.99. The second kappa shape index (κ2) is 3.66. The van der Waals surface area contributed by atoms with Gasteiger partial charge in [-0.15, -0.1) is 5.10 Å². The van der Waals surface area contributed by atoms with E-state index in [-0.39, 0.29) is 0 Å². The number of hydrogen-bond acceptors (Lipinski definition) is 3. The number of benzene rings is 1. The predicted molar refractivity (Wildman–Crippen MR) is 58.3 cm³/mol. The Balaban J connectivity index is 2.85. The summed E-state index contributed by atoms with van der Waals surface area (Å²) in [6.07, 6.45) is 0. The second-order valence-corrected chi connectivity index (χ2v) is 3.75. The van der Waals surface area contributed by atoms with Crippen LogP contribution in [0.2, 0.25) is 0 Å². The quantitative estimate of drug-likeness (QED) is 0.706. The highest BCUT2D eigenvalue weighted by Crippen LogP contribution is 2.23. The molecule has 0 aliphatic carbocycles. The molecule has 1 heterocycles. The Morgan fingerprint density at radius 3 is 2.40 bits per heavy atom. The van der Waals surface area contributed by atoms with Gasteiger partial charge < -0.3 is 0 Å². The molecule has 0 N–H and O–H groups in total. The lowest BCUT2D eigenvalue weighted by Gasteiger charge is -2.07. The van der Waals surface area contributed by atoms with Crippen molar-refractivity contribution in [2.24, 2.45) is 0 Å². The third kappa shape index (κ3) is 1.55. The number of nitriles is 1. The van der Waals surface area contributed by atoms with Crippen LogP contribution in [0.5, 0.6) is 0 Å². The van der Waals surface area contributed by atoms with Crippen molar-refractivity contribution >= 4 is 10.8 Å². The molecule has 2 rings (SSSR count). The van der Waals surface area contributed by atoms with Crippen molar-refractivity contribution in [1.29, 1.82) is 5.26 Å². The molecular weight excluding hydrogens is 186 g/mol. The summed E-state index contributed by atoms with van der Waals surface area (Å²) >= 11 is 0. The standard InChI is InChI=1S/C12H11N3/c1-8(2)12-10-6-4-3-5-9(10)11(7-13)14-15-12/h3-6,8H,1-2H3. The van der Waals surface area contributed by atoms with Crippen LogP contribution in [0.3, 0.4) is 0 Å². The van der Waals surface area contributed by atoms with Crippen LogP contribution in [0.4, 0.5) is 0 Å². The number of fused-ring (bicyclic) bond motifs is 1. The van der Waals surface area contributed by atoms with Gasteiger partial charge in [-0.2, -0.15) is 10.4 Å². The zero-order valence-electron chi connectivity index (χ0n) is 8.73. The van der Waals surface area contributed by atoms with Gasteiger partial charge in [-0.1, -0.05) is 38.1 Å². The maximum absolute atomic E-state index is 8.91. The second-order valence-electron chi connectivity index (χ2n) is 3.75. The molecule has 0 fully saturated rings. The topological polar surface area (TPSA) is 49.6 Å². The Labute approximate surface area is 88.4 Å². The Morgan fingerprint density at radius 2 is 1.80 bits per heavy atom. The average Bonchev–Trinajstić information content (AvgIpc) is 2.27. The van der Waals surface area contributed by atoms with Gasteiger partial charge in [0.15, 0.2) is 5.69 Å². The summed E-state index contributed by atoms with van der Waals surface area (Å²) < 4.78 is 0. The zero-order chi connectivity index (χ0) is 10.8. The van der Waals surface area contributed by atoms with E-state index >= 15 is 0 Å². The van der Waals surface area contributed by atoms with Gasteiger partial charge in [0.2, 0.25) is 0 Å². The third-order valence-electron chi connectivity index (χ3n) is 2.37. The third-order valence-corrected chi connectivity index (χ3v) is 2.37. The largest absolute Gasteiger partial charge is 0.191 e. The summed E-state index contributed by atoms with van der Waals surface area (Å²) in [4.78, 5) is 0. The van der Waals surface area contributed by atoms with Crippen molar-refractivity contribution in [3.8, 4) is 6.07 Å². The van der Waals surface area contributed by atoms with E-state index in [1.807, 2.05) is 24.3 Å². The molecule has 0 aliphatic rings. The molecule has 3 heteroatoms.